The van der Waals surface area contributed by atoms with Crippen LogP contribution in [0.15, 0.2) is 78.1 Å². The van der Waals surface area contributed by atoms with E-state index in [9.17, 15) is 0 Å². The number of benzene rings is 2. The summed E-state index contributed by atoms with van der Waals surface area (Å²) < 4.78 is 2.03. The van der Waals surface area contributed by atoms with Crippen LogP contribution in [0, 0.1) is 0 Å². The zero-order chi connectivity index (χ0) is 21.1. The van der Waals surface area contributed by atoms with Crippen molar-refractivity contribution in [3.05, 3.63) is 89.1 Å². The van der Waals surface area contributed by atoms with E-state index in [0.717, 1.165) is 22.3 Å². The molecule has 30 heavy (non-hydrogen) atoms. The fraction of sp³-hybridized carbons (Fsp3) is 0.208. The van der Waals surface area contributed by atoms with E-state index in [4.69, 9.17) is 11.6 Å². The van der Waals surface area contributed by atoms with Gasteiger partial charge in [0.05, 0.1) is 0 Å². The molecule has 0 spiro atoms. The minimum Gasteiger partial charge on any atom is -0.269 e. The standard InChI is InChI=1S/C24H23ClN4S/c1-24(2,3)18-9-7-17(8-10-18)16-30-23-28-27-22(21-6-4-5-15-26-21)29(23)20-13-11-19(25)12-14-20/h4-15H,16H2,1-3H3. The van der Waals surface area contributed by atoms with E-state index in [1.807, 2.05) is 47.0 Å². The first-order valence-electron chi connectivity index (χ1n) is 9.77. The summed E-state index contributed by atoms with van der Waals surface area (Å²) in [5, 5.41) is 10.4. The number of halogens is 1. The van der Waals surface area contributed by atoms with E-state index in [0.29, 0.717) is 10.8 Å². The lowest BCUT2D eigenvalue weighted by molar-refractivity contribution is 0.590. The third-order valence-electron chi connectivity index (χ3n) is 4.80. The summed E-state index contributed by atoms with van der Waals surface area (Å²) in [5.74, 6) is 1.52. The predicted octanol–water partition coefficient (Wildman–Crippen LogP) is 6.57. The Balaban J connectivity index is 1.65. The summed E-state index contributed by atoms with van der Waals surface area (Å²) >= 11 is 7.75. The molecule has 0 atom stereocenters. The van der Waals surface area contributed by atoms with Crippen molar-refractivity contribution in [2.75, 3.05) is 0 Å². The normalized spacial score (nSPS) is 11.6. The van der Waals surface area contributed by atoms with Crippen LogP contribution >= 0.6 is 23.4 Å². The van der Waals surface area contributed by atoms with Crippen LogP contribution in [0.4, 0.5) is 0 Å². The summed E-state index contributed by atoms with van der Waals surface area (Å²) in [5.41, 5.74) is 4.46. The number of hydrogen-bond donors (Lipinski definition) is 0. The van der Waals surface area contributed by atoms with Crippen molar-refractivity contribution in [3.8, 4) is 17.2 Å². The second kappa shape index (κ2) is 8.62. The van der Waals surface area contributed by atoms with Gasteiger partial charge in [-0.15, -0.1) is 10.2 Å². The molecule has 2 aromatic heterocycles. The third kappa shape index (κ3) is 4.58. The molecule has 4 nitrogen and oxygen atoms in total. The molecule has 0 aliphatic carbocycles. The van der Waals surface area contributed by atoms with Gasteiger partial charge in [0.15, 0.2) is 11.0 Å². The summed E-state index contributed by atoms with van der Waals surface area (Å²) in [4.78, 5) is 4.46. The minimum atomic E-state index is 0.151. The zero-order valence-electron chi connectivity index (χ0n) is 17.2. The number of thioether (sulfide) groups is 1. The maximum atomic E-state index is 6.10. The fourth-order valence-corrected chi connectivity index (χ4v) is 4.13. The predicted molar refractivity (Wildman–Crippen MR) is 124 cm³/mol. The molecular weight excluding hydrogens is 412 g/mol. The number of aromatic nitrogens is 4. The highest BCUT2D eigenvalue weighted by Gasteiger charge is 2.17. The molecule has 4 rings (SSSR count). The molecule has 0 N–H and O–H groups in total. The molecule has 2 aromatic carbocycles. The van der Waals surface area contributed by atoms with E-state index < -0.39 is 0 Å². The van der Waals surface area contributed by atoms with Crippen molar-refractivity contribution >= 4 is 23.4 Å². The van der Waals surface area contributed by atoms with Crippen molar-refractivity contribution in [1.82, 2.24) is 19.7 Å². The Kier molecular flexibility index (Phi) is 5.93. The van der Waals surface area contributed by atoms with Crippen molar-refractivity contribution < 1.29 is 0 Å². The zero-order valence-corrected chi connectivity index (χ0v) is 18.8. The molecule has 4 aromatic rings. The Morgan fingerprint density at radius 3 is 2.27 bits per heavy atom. The first-order chi connectivity index (χ1) is 14.4. The highest BCUT2D eigenvalue weighted by atomic mass is 35.5. The molecule has 0 fully saturated rings. The Labute approximate surface area is 186 Å². The number of nitrogens with zero attached hydrogens (tertiary/aromatic N) is 4. The van der Waals surface area contributed by atoms with E-state index in [-0.39, 0.29) is 5.41 Å². The van der Waals surface area contributed by atoms with Gasteiger partial charge in [-0.05, 0) is 52.9 Å². The lowest BCUT2D eigenvalue weighted by Gasteiger charge is -2.19. The van der Waals surface area contributed by atoms with Gasteiger partial charge in [-0.2, -0.15) is 0 Å². The van der Waals surface area contributed by atoms with Gasteiger partial charge in [0, 0.05) is 22.7 Å². The Hall–Kier alpha value is -2.63. The van der Waals surface area contributed by atoms with Gasteiger partial charge in [0.2, 0.25) is 0 Å². The molecule has 0 aliphatic rings. The molecule has 0 bridgehead atoms. The summed E-state index contributed by atoms with van der Waals surface area (Å²) in [6.45, 7) is 6.68. The molecule has 152 valence electrons. The van der Waals surface area contributed by atoms with Crippen molar-refractivity contribution in [2.45, 2.75) is 37.1 Å². The van der Waals surface area contributed by atoms with Crippen molar-refractivity contribution in [2.24, 2.45) is 0 Å². The van der Waals surface area contributed by atoms with Gasteiger partial charge in [-0.25, -0.2) is 0 Å². The quantitative estimate of drug-likeness (QED) is 0.333. The highest BCUT2D eigenvalue weighted by molar-refractivity contribution is 7.98. The van der Waals surface area contributed by atoms with E-state index in [2.05, 4.69) is 60.2 Å². The van der Waals surface area contributed by atoms with E-state index in [1.165, 1.54) is 11.1 Å². The Morgan fingerprint density at radius 2 is 1.63 bits per heavy atom. The SMILES string of the molecule is CC(C)(C)c1ccc(CSc2nnc(-c3ccccn3)n2-c2ccc(Cl)cc2)cc1. The van der Waals surface area contributed by atoms with Crippen LogP contribution in [0.3, 0.4) is 0 Å². The average molecular weight is 435 g/mol. The largest absolute Gasteiger partial charge is 0.269 e. The molecule has 0 amide bonds. The Bertz CT molecular complexity index is 1110. The van der Waals surface area contributed by atoms with Crippen LogP contribution in [0.1, 0.15) is 31.9 Å². The van der Waals surface area contributed by atoms with Gasteiger partial charge in [-0.3, -0.25) is 9.55 Å². The van der Waals surface area contributed by atoms with Crippen LogP contribution in [0.5, 0.6) is 0 Å². The molecule has 0 saturated carbocycles. The van der Waals surface area contributed by atoms with Gasteiger partial charge in [-0.1, -0.05) is 74.5 Å². The van der Waals surface area contributed by atoms with Crippen molar-refractivity contribution in [1.29, 1.82) is 0 Å². The second-order valence-electron chi connectivity index (χ2n) is 8.07. The first kappa shape index (κ1) is 20.6. The molecule has 6 heteroatoms. The summed E-state index contributed by atoms with van der Waals surface area (Å²) in [6, 6.07) is 22.3. The van der Waals surface area contributed by atoms with Crippen molar-refractivity contribution in [3.63, 3.8) is 0 Å². The second-order valence-corrected chi connectivity index (χ2v) is 9.45. The van der Waals surface area contributed by atoms with Gasteiger partial charge < -0.3 is 0 Å². The number of rotatable bonds is 5. The first-order valence-corrected chi connectivity index (χ1v) is 11.1. The highest BCUT2D eigenvalue weighted by Crippen LogP contribution is 2.30. The smallest absolute Gasteiger partial charge is 0.196 e. The molecule has 0 aliphatic heterocycles. The topological polar surface area (TPSA) is 43.6 Å². The van der Waals surface area contributed by atoms with Crippen LogP contribution in [-0.2, 0) is 11.2 Å². The Morgan fingerprint density at radius 1 is 0.900 bits per heavy atom. The number of hydrogen-bond acceptors (Lipinski definition) is 4. The van der Waals surface area contributed by atoms with Gasteiger partial charge >= 0.3 is 0 Å². The van der Waals surface area contributed by atoms with Crippen LogP contribution in [0.2, 0.25) is 5.02 Å². The minimum absolute atomic E-state index is 0.151. The molecular formula is C24H23ClN4S. The van der Waals surface area contributed by atoms with E-state index >= 15 is 0 Å². The third-order valence-corrected chi connectivity index (χ3v) is 6.05. The maximum absolute atomic E-state index is 6.10. The molecule has 0 unspecified atom stereocenters. The van der Waals surface area contributed by atoms with Crippen LogP contribution < -0.4 is 0 Å². The summed E-state index contributed by atoms with van der Waals surface area (Å²) in [7, 11) is 0. The van der Waals surface area contributed by atoms with Gasteiger partial charge in [0.25, 0.3) is 0 Å². The van der Waals surface area contributed by atoms with Crippen LogP contribution in [-0.4, -0.2) is 19.7 Å². The maximum Gasteiger partial charge on any atom is 0.196 e. The molecule has 2 heterocycles. The van der Waals surface area contributed by atoms with E-state index in [1.54, 1.807) is 18.0 Å². The lowest BCUT2D eigenvalue weighted by atomic mass is 9.87. The number of pyridine rings is 1. The molecule has 0 radical (unpaired) electrons. The summed E-state index contributed by atoms with van der Waals surface area (Å²) in [6.07, 6.45) is 1.76. The van der Waals surface area contributed by atoms with Gasteiger partial charge in [0.1, 0.15) is 5.69 Å². The lowest BCUT2D eigenvalue weighted by Crippen LogP contribution is -2.10. The average Bonchev–Trinajstić information content (AvgIpc) is 3.17. The molecule has 0 saturated heterocycles. The fourth-order valence-electron chi connectivity index (χ4n) is 3.10. The van der Waals surface area contributed by atoms with Crippen LogP contribution in [0.25, 0.3) is 17.2 Å². The monoisotopic (exact) mass is 434 g/mol.